The second kappa shape index (κ2) is 14.4. The monoisotopic (exact) mass is 536 g/mol. The lowest BCUT2D eigenvalue weighted by molar-refractivity contribution is -0.695. The van der Waals surface area contributed by atoms with Crippen molar-refractivity contribution in [1.29, 1.82) is 0 Å². The molecule has 0 saturated heterocycles. The van der Waals surface area contributed by atoms with Gasteiger partial charge in [0.2, 0.25) is 11.4 Å². The molecule has 0 radical (unpaired) electrons. The van der Waals surface area contributed by atoms with Crippen LogP contribution in [-0.2, 0) is 13.1 Å². The predicted octanol–water partition coefficient (Wildman–Crippen LogP) is 6.17. The minimum absolute atomic E-state index is 0.986. The number of aromatic nitrogens is 2. The molecule has 5 heteroatoms. The Morgan fingerprint density at radius 1 is 0.538 bits per heavy atom. The van der Waals surface area contributed by atoms with Crippen molar-refractivity contribution in [2.24, 2.45) is 0 Å². The third-order valence-electron chi connectivity index (χ3n) is 6.62. The fraction of sp³-hybridized carbons (Fsp3) is 0.235. The van der Waals surface area contributed by atoms with Crippen LogP contribution in [0.3, 0.4) is 0 Å². The first-order valence-electron chi connectivity index (χ1n) is 13.5. The minimum atomic E-state index is 0.986. The number of benzene rings is 2. The maximum atomic E-state index is 2.34. The molecule has 2 aromatic carbocycles. The molecule has 4 rings (SSSR count). The lowest BCUT2D eigenvalue weighted by atomic mass is 10.1. The quantitative estimate of drug-likeness (QED) is 0.159. The van der Waals surface area contributed by atoms with E-state index in [1.54, 1.807) is 0 Å². The van der Waals surface area contributed by atoms with Crippen LogP contribution in [0.5, 0.6) is 0 Å². The number of thioether (sulfide) groups is 1. The smallest absolute Gasteiger partial charge is 0.205 e. The first-order valence-corrected chi connectivity index (χ1v) is 14.6. The molecule has 0 fully saturated rings. The summed E-state index contributed by atoms with van der Waals surface area (Å²) in [6.45, 7) is 1.97. The fourth-order valence-corrected chi connectivity index (χ4v) is 5.10. The van der Waals surface area contributed by atoms with Crippen molar-refractivity contribution in [3.05, 3.63) is 120 Å². The topological polar surface area (TPSA) is 14.2 Å². The zero-order chi connectivity index (χ0) is 27.5. The Hall–Kier alpha value is -3.83. The van der Waals surface area contributed by atoms with Gasteiger partial charge in [0.05, 0.1) is 11.5 Å². The summed E-state index contributed by atoms with van der Waals surface area (Å²) in [5.41, 5.74) is 7.29. The highest BCUT2D eigenvalue weighted by Crippen LogP contribution is 2.15. The Balaban J connectivity index is 1.28. The van der Waals surface area contributed by atoms with Crippen LogP contribution in [0.4, 0.5) is 11.4 Å². The maximum absolute atomic E-state index is 2.34. The van der Waals surface area contributed by atoms with Gasteiger partial charge in [0, 0.05) is 76.0 Å². The van der Waals surface area contributed by atoms with Gasteiger partial charge >= 0.3 is 0 Å². The average molecular weight is 537 g/mol. The van der Waals surface area contributed by atoms with E-state index >= 15 is 0 Å². The lowest BCUT2D eigenvalue weighted by Crippen LogP contribution is -2.39. The molecule has 2 aromatic heterocycles. The molecule has 4 nitrogen and oxygen atoms in total. The van der Waals surface area contributed by atoms with E-state index in [0.29, 0.717) is 0 Å². The Bertz CT molecular complexity index is 1270. The van der Waals surface area contributed by atoms with E-state index in [4.69, 9.17) is 0 Å². The number of rotatable bonds is 12. The normalized spacial score (nSPS) is 11.4. The summed E-state index contributed by atoms with van der Waals surface area (Å²) < 4.78 is 4.67. The molecule has 4 aromatic rings. The molecule has 0 N–H and O–H groups in total. The summed E-state index contributed by atoms with van der Waals surface area (Å²) in [6.07, 6.45) is 13.2. The number of nitrogens with zero attached hydrogens (tertiary/aromatic N) is 4. The highest BCUT2D eigenvalue weighted by Gasteiger charge is 2.09. The van der Waals surface area contributed by atoms with Crippen LogP contribution >= 0.6 is 11.8 Å². The number of hydrogen-bond donors (Lipinski definition) is 0. The molecule has 39 heavy (non-hydrogen) atoms. The zero-order valence-electron chi connectivity index (χ0n) is 23.6. The van der Waals surface area contributed by atoms with Gasteiger partial charge in [-0.05, 0) is 59.7 Å². The summed E-state index contributed by atoms with van der Waals surface area (Å²) in [5, 5.41) is 0. The third-order valence-corrected chi connectivity index (χ3v) is 7.56. The van der Waals surface area contributed by atoms with Gasteiger partial charge in [-0.25, -0.2) is 0 Å². The Morgan fingerprint density at radius 2 is 0.949 bits per heavy atom. The number of pyridine rings is 2. The number of aryl methyl sites for hydroxylation is 2. The first-order chi connectivity index (χ1) is 19.0. The van der Waals surface area contributed by atoms with Gasteiger partial charge in [-0.3, -0.25) is 0 Å². The van der Waals surface area contributed by atoms with Gasteiger partial charge in [-0.1, -0.05) is 24.3 Å². The summed E-state index contributed by atoms with van der Waals surface area (Å²) in [5.74, 6) is 2.15. The van der Waals surface area contributed by atoms with Gasteiger partial charge < -0.3 is 9.80 Å². The molecule has 200 valence electrons. The van der Waals surface area contributed by atoms with Gasteiger partial charge in [0.25, 0.3) is 0 Å². The molecule has 0 bridgehead atoms. The molecule has 0 unspecified atom stereocenters. The second-order valence-electron chi connectivity index (χ2n) is 9.89. The summed E-state index contributed by atoms with van der Waals surface area (Å²) in [7, 11) is 8.27. The van der Waals surface area contributed by atoms with E-state index < -0.39 is 0 Å². The van der Waals surface area contributed by atoms with Gasteiger partial charge in [0.15, 0.2) is 25.5 Å². The largest absolute Gasteiger partial charge is 0.378 e. The van der Waals surface area contributed by atoms with E-state index in [1.165, 1.54) is 33.9 Å². The summed E-state index contributed by atoms with van der Waals surface area (Å²) >= 11 is 2.00. The maximum Gasteiger partial charge on any atom is 0.205 e. The van der Waals surface area contributed by atoms with Crippen molar-refractivity contribution in [3.63, 3.8) is 0 Å². The Kier molecular flexibility index (Phi) is 10.4. The molecule has 0 aliphatic rings. The van der Waals surface area contributed by atoms with Crippen LogP contribution in [0, 0.1) is 0 Å². The molecule has 0 atom stereocenters. The molecule has 0 aliphatic carbocycles. The van der Waals surface area contributed by atoms with Crippen molar-refractivity contribution >= 4 is 47.4 Å². The van der Waals surface area contributed by atoms with Crippen molar-refractivity contribution in [3.8, 4) is 0 Å². The van der Waals surface area contributed by atoms with E-state index in [-0.39, 0.29) is 0 Å². The van der Waals surface area contributed by atoms with Crippen molar-refractivity contribution in [1.82, 2.24) is 0 Å². The van der Waals surface area contributed by atoms with Crippen molar-refractivity contribution in [2.45, 2.75) is 13.1 Å². The van der Waals surface area contributed by atoms with E-state index in [0.717, 1.165) is 24.6 Å². The molecule has 2 heterocycles. The Morgan fingerprint density at radius 3 is 1.33 bits per heavy atom. The van der Waals surface area contributed by atoms with Crippen LogP contribution in [-0.4, -0.2) is 39.7 Å². The van der Waals surface area contributed by atoms with Crippen molar-refractivity contribution in [2.75, 3.05) is 49.5 Å². The summed E-state index contributed by atoms with van der Waals surface area (Å²) in [6, 6.07) is 30.1. The van der Waals surface area contributed by atoms with Gasteiger partial charge in [-0.2, -0.15) is 9.13 Å². The van der Waals surface area contributed by atoms with Crippen LogP contribution in [0.15, 0.2) is 97.3 Å². The lowest BCUT2D eigenvalue weighted by Gasteiger charge is -2.11. The first kappa shape index (κ1) is 28.2. The Labute approximate surface area is 238 Å². The second-order valence-corrected chi connectivity index (χ2v) is 11.1. The molecule has 0 aliphatic heterocycles. The fourth-order valence-electron chi connectivity index (χ4n) is 4.25. The highest BCUT2D eigenvalue weighted by atomic mass is 32.2. The molecule has 0 spiro atoms. The zero-order valence-corrected chi connectivity index (χ0v) is 24.4. The van der Waals surface area contributed by atoms with Gasteiger partial charge in [-0.15, -0.1) is 11.8 Å². The highest BCUT2D eigenvalue weighted by molar-refractivity contribution is 7.99. The average Bonchev–Trinajstić information content (AvgIpc) is 2.96. The van der Waals surface area contributed by atoms with Crippen LogP contribution in [0.25, 0.3) is 24.3 Å². The molecule has 0 amide bonds. The van der Waals surface area contributed by atoms with E-state index in [9.17, 15) is 0 Å². The van der Waals surface area contributed by atoms with Crippen LogP contribution in [0.2, 0.25) is 0 Å². The molecular weight excluding hydrogens is 496 g/mol. The minimum Gasteiger partial charge on any atom is -0.378 e. The molecular formula is C34H40N4S+2. The third kappa shape index (κ3) is 8.59. The van der Waals surface area contributed by atoms with E-state index in [2.05, 4.69) is 169 Å². The van der Waals surface area contributed by atoms with Gasteiger partial charge in [0.1, 0.15) is 0 Å². The van der Waals surface area contributed by atoms with Crippen LogP contribution < -0.4 is 18.9 Å². The predicted molar refractivity (Wildman–Crippen MR) is 170 cm³/mol. The SMILES string of the molecule is CN(C)c1ccc(C=Cc2cccc[n+]2CCSCC[n+]2ccccc2C=Cc2ccc(N(C)C)cc2)cc1. The van der Waals surface area contributed by atoms with Crippen LogP contribution in [0.1, 0.15) is 22.5 Å². The summed E-state index contributed by atoms with van der Waals surface area (Å²) in [4.78, 5) is 4.24. The molecule has 0 saturated carbocycles. The van der Waals surface area contributed by atoms with E-state index in [1.807, 2.05) is 11.8 Å². The van der Waals surface area contributed by atoms with Crippen molar-refractivity contribution < 1.29 is 9.13 Å². The number of anilines is 2. The number of hydrogen-bond acceptors (Lipinski definition) is 3. The standard InChI is InChI=1S/C34H40N4S/c1-35(2)31-17-11-29(12-18-31)15-21-33-9-5-7-23-37(33)25-27-39-28-26-38-24-8-6-10-34(38)22-16-30-13-19-32(20-14-30)36(3)4/h5-24H,25-28H2,1-4H3/q+2.